The summed E-state index contributed by atoms with van der Waals surface area (Å²) in [6.07, 6.45) is 2.52. The summed E-state index contributed by atoms with van der Waals surface area (Å²) in [4.78, 5) is 12.3. The molecule has 2 aromatic carbocycles. The van der Waals surface area contributed by atoms with Crippen molar-refractivity contribution in [3.8, 4) is 11.1 Å². The Labute approximate surface area is 136 Å². The number of ketones is 1. The van der Waals surface area contributed by atoms with Gasteiger partial charge in [-0.15, -0.1) is 0 Å². The number of benzene rings is 2. The molecule has 0 aliphatic heterocycles. The van der Waals surface area contributed by atoms with Crippen LogP contribution in [0.5, 0.6) is 0 Å². The van der Waals surface area contributed by atoms with Gasteiger partial charge in [-0.2, -0.15) is 0 Å². The lowest BCUT2D eigenvalue weighted by Gasteiger charge is -2.12. The van der Waals surface area contributed by atoms with E-state index in [2.05, 4.69) is 32.0 Å². The van der Waals surface area contributed by atoms with Gasteiger partial charge in [0.1, 0.15) is 0 Å². The first-order chi connectivity index (χ1) is 10.6. The fourth-order valence-electron chi connectivity index (χ4n) is 3.12. The van der Waals surface area contributed by atoms with Crippen LogP contribution in [0, 0.1) is 6.92 Å². The summed E-state index contributed by atoms with van der Waals surface area (Å²) in [6.45, 7) is 4.21. The number of carbonyl (C=O) groups is 1. The van der Waals surface area contributed by atoms with Crippen LogP contribution in [0.25, 0.3) is 16.7 Å². The molecule has 0 amide bonds. The highest BCUT2D eigenvalue weighted by Crippen LogP contribution is 2.36. The second kappa shape index (κ2) is 6.10. The molecule has 1 nitrogen and oxygen atoms in total. The third-order valence-corrected chi connectivity index (χ3v) is 4.65. The fourth-order valence-corrected chi connectivity index (χ4v) is 3.25. The molecule has 0 fully saturated rings. The molecule has 1 aliphatic carbocycles. The average molecular weight is 311 g/mol. The smallest absolute Gasteiger partial charge is 0.163 e. The van der Waals surface area contributed by atoms with E-state index >= 15 is 0 Å². The Bertz CT molecular complexity index is 754. The van der Waals surface area contributed by atoms with Gasteiger partial charge in [-0.1, -0.05) is 48.4 Å². The zero-order valence-corrected chi connectivity index (χ0v) is 13.7. The Morgan fingerprint density at radius 2 is 1.68 bits per heavy atom. The molecular formula is C20H19ClO. The Hall–Kier alpha value is -1.86. The van der Waals surface area contributed by atoms with Gasteiger partial charge < -0.3 is 0 Å². The summed E-state index contributed by atoms with van der Waals surface area (Å²) in [5, 5.41) is 0.734. The van der Waals surface area contributed by atoms with Gasteiger partial charge in [0, 0.05) is 17.0 Å². The minimum atomic E-state index is 0.285. The summed E-state index contributed by atoms with van der Waals surface area (Å²) in [5.74, 6) is 0.285. The fraction of sp³-hybridized carbons (Fsp3) is 0.250. The number of carbonyl (C=O) groups excluding carboxylic acids is 1. The minimum absolute atomic E-state index is 0.285. The third-order valence-electron chi connectivity index (χ3n) is 4.40. The molecule has 0 saturated heterocycles. The lowest BCUT2D eigenvalue weighted by atomic mass is 9.92. The van der Waals surface area contributed by atoms with Gasteiger partial charge >= 0.3 is 0 Å². The summed E-state index contributed by atoms with van der Waals surface area (Å²) in [5.41, 5.74) is 6.74. The van der Waals surface area contributed by atoms with Gasteiger partial charge in [0.2, 0.25) is 0 Å². The van der Waals surface area contributed by atoms with E-state index in [1.54, 1.807) is 0 Å². The van der Waals surface area contributed by atoms with Crippen LogP contribution in [-0.2, 0) is 4.79 Å². The Kier molecular flexibility index (Phi) is 4.17. The SMILES string of the molecule is CCC1=C(c2cc(-c3ccc(Cl)cc3)ccc2C)C(=O)CC1. The summed E-state index contributed by atoms with van der Waals surface area (Å²) < 4.78 is 0. The first-order valence-corrected chi connectivity index (χ1v) is 8.10. The normalized spacial score (nSPS) is 14.8. The van der Waals surface area contributed by atoms with E-state index in [-0.39, 0.29) is 5.78 Å². The van der Waals surface area contributed by atoms with Crippen LogP contribution in [0.4, 0.5) is 0 Å². The van der Waals surface area contributed by atoms with Crippen molar-refractivity contribution in [1.29, 1.82) is 0 Å². The predicted molar refractivity (Wildman–Crippen MR) is 93.1 cm³/mol. The van der Waals surface area contributed by atoms with E-state index in [0.717, 1.165) is 45.7 Å². The predicted octanol–water partition coefficient (Wildman–Crippen LogP) is 5.84. The molecule has 1 aliphatic rings. The van der Waals surface area contributed by atoms with Crippen molar-refractivity contribution in [2.45, 2.75) is 33.1 Å². The van der Waals surface area contributed by atoms with Crippen molar-refractivity contribution in [1.82, 2.24) is 0 Å². The van der Waals surface area contributed by atoms with Gasteiger partial charge in [0.15, 0.2) is 5.78 Å². The second-order valence-electron chi connectivity index (χ2n) is 5.79. The van der Waals surface area contributed by atoms with Gasteiger partial charge in [0.25, 0.3) is 0 Å². The van der Waals surface area contributed by atoms with Gasteiger partial charge in [0.05, 0.1) is 0 Å². The zero-order chi connectivity index (χ0) is 15.7. The van der Waals surface area contributed by atoms with E-state index in [0.29, 0.717) is 6.42 Å². The van der Waals surface area contributed by atoms with Crippen molar-refractivity contribution < 1.29 is 4.79 Å². The van der Waals surface area contributed by atoms with Gasteiger partial charge in [-0.3, -0.25) is 4.79 Å². The molecule has 0 bridgehead atoms. The van der Waals surface area contributed by atoms with E-state index in [1.165, 1.54) is 5.57 Å². The highest BCUT2D eigenvalue weighted by molar-refractivity contribution is 6.30. The molecule has 3 rings (SSSR count). The van der Waals surface area contributed by atoms with E-state index in [1.807, 2.05) is 24.3 Å². The van der Waals surface area contributed by atoms with Crippen LogP contribution >= 0.6 is 11.6 Å². The number of hydrogen-bond acceptors (Lipinski definition) is 1. The van der Waals surface area contributed by atoms with Crippen molar-refractivity contribution in [3.63, 3.8) is 0 Å². The molecule has 0 aromatic heterocycles. The highest BCUT2D eigenvalue weighted by Gasteiger charge is 2.24. The maximum atomic E-state index is 12.3. The second-order valence-corrected chi connectivity index (χ2v) is 6.23. The quantitative estimate of drug-likeness (QED) is 0.695. The van der Waals surface area contributed by atoms with Crippen molar-refractivity contribution in [3.05, 3.63) is 64.2 Å². The van der Waals surface area contributed by atoms with Gasteiger partial charge in [-0.05, 0) is 60.2 Å². The monoisotopic (exact) mass is 310 g/mol. The van der Waals surface area contributed by atoms with E-state index < -0.39 is 0 Å². The van der Waals surface area contributed by atoms with E-state index in [9.17, 15) is 4.79 Å². The first kappa shape index (κ1) is 15.1. The lowest BCUT2D eigenvalue weighted by molar-refractivity contribution is -0.113. The van der Waals surface area contributed by atoms with Crippen LogP contribution < -0.4 is 0 Å². The van der Waals surface area contributed by atoms with Crippen LogP contribution in [-0.4, -0.2) is 5.78 Å². The first-order valence-electron chi connectivity index (χ1n) is 7.72. The Morgan fingerprint density at radius 1 is 1.00 bits per heavy atom. The molecule has 0 radical (unpaired) electrons. The van der Waals surface area contributed by atoms with Crippen molar-refractivity contribution in [2.24, 2.45) is 0 Å². The summed E-state index contributed by atoms with van der Waals surface area (Å²) >= 11 is 5.96. The van der Waals surface area contributed by atoms with Crippen molar-refractivity contribution in [2.75, 3.05) is 0 Å². The molecule has 22 heavy (non-hydrogen) atoms. The largest absolute Gasteiger partial charge is 0.294 e. The molecular weight excluding hydrogens is 292 g/mol. The zero-order valence-electron chi connectivity index (χ0n) is 12.9. The summed E-state index contributed by atoms with van der Waals surface area (Å²) in [6, 6.07) is 14.2. The maximum Gasteiger partial charge on any atom is 0.163 e. The molecule has 0 heterocycles. The van der Waals surface area contributed by atoms with Crippen LogP contribution in [0.3, 0.4) is 0 Å². The number of halogens is 1. The molecule has 0 saturated carbocycles. The number of allylic oxidation sites excluding steroid dienone is 2. The molecule has 2 aromatic rings. The summed E-state index contributed by atoms with van der Waals surface area (Å²) in [7, 11) is 0. The minimum Gasteiger partial charge on any atom is -0.294 e. The standard InChI is InChI=1S/C20H19ClO/c1-3-14-8-11-19(22)20(14)18-12-16(5-4-13(18)2)15-6-9-17(21)10-7-15/h4-7,9-10,12H,3,8,11H2,1-2H3. The highest BCUT2D eigenvalue weighted by atomic mass is 35.5. The Morgan fingerprint density at radius 3 is 2.36 bits per heavy atom. The molecule has 0 N–H and O–H groups in total. The maximum absolute atomic E-state index is 12.3. The van der Waals surface area contributed by atoms with Crippen LogP contribution in [0.1, 0.15) is 37.3 Å². The molecule has 2 heteroatoms. The number of rotatable bonds is 3. The number of aryl methyl sites for hydroxylation is 1. The van der Waals surface area contributed by atoms with E-state index in [4.69, 9.17) is 11.6 Å². The van der Waals surface area contributed by atoms with Gasteiger partial charge in [-0.25, -0.2) is 0 Å². The van der Waals surface area contributed by atoms with Crippen molar-refractivity contribution >= 4 is 23.0 Å². The molecule has 112 valence electrons. The average Bonchev–Trinajstić information content (AvgIpc) is 2.89. The molecule has 0 spiro atoms. The van der Waals surface area contributed by atoms with Crippen LogP contribution in [0.2, 0.25) is 5.02 Å². The molecule has 0 atom stereocenters. The lowest BCUT2D eigenvalue weighted by Crippen LogP contribution is -1.99. The van der Waals surface area contributed by atoms with Crippen LogP contribution in [0.15, 0.2) is 48.0 Å². The Balaban J connectivity index is 2.11. The number of hydrogen-bond donors (Lipinski definition) is 0. The number of Topliss-reactive ketones (excluding diaryl/α,β-unsaturated/α-hetero) is 1. The molecule has 0 unspecified atom stereocenters. The third kappa shape index (κ3) is 2.74. The topological polar surface area (TPSA) is 17.1 Å².